The fourth-order valence-electron chi connectivity index (χ4n) is 5.79. The minimum Gasteiger partial charge on any atom is -0.365 e. The van der Waals surface area contributed by atoms with Gasteiger partial charge in [0.1, 0.15) is 11.5 Å². The molecule has 35 heavy (non-hydrogen) atoms. The number of imidazole rings is 1. The Kier molecular flexibility index (Phi) is 6.35. The number of piperazine rings is 1. The van der Waals surface area contributed by atoms with Crippen molar-refractivity contribution in [2.24, 2.45) is 5.92 Å². The molecule has 1 saturated heterocycles. The number of hydrogen-bond donors (Lipinski definition) is 1. The highest BCUT2D eigenvalue weighted by Gasteiger charge is 2.30. The Balaban J connectivity index is 1.22. The van der Waals surface area contributed by atoms with Crippen LogP contribution in [0.5, 0.6) is 0 Å². The zero-order chi connectivity index (χ0) is 23.8. The zero-order valence-corrected chi connectivity index (χ0v) is 20.9. The van der Waals surface area contributed by atoms with E-state index in [2.05, 4.69) is 15.1 Å². The van der Waals surface area contributed by atoms with Crippen molar-refractivity contribution in [3.05, 3.63) is 30.1 Å². The van der Waals surface area contributed by atoms with Crippen LogP contribution >= 0.6 is 11.3 Å². The highest BCUT2D eigenvalue weighted by Crippen LogP contribution is 2.36. The first-order chi connectivity index (χ1) is 17.2. The summed E-state index contributed by atoms with van der Waals surface area (Å²) < 4.78 is 15.5. The molecule has 9 heteroatoms. The molecule has 1 amide bonds. The van der Waals surface area contributed by atoms with Gasteiger partial charge in [-0.15, -0.1) is 5.10 Å². The van der Waals surface area contributed by atoms with Crippen LogP contribution in [0, 0.1) is 11.7 Å². The molecule has 186 valence electrons. The summed E-state index contributed by atoms with van der Waals surface area (Å²) in [7, 11) is 0. The SMILES string of the molecule is O=C(C1CCCCC1)N1CCN(c2nn3c(NC4CCCC4)c(-c4ccc(F)cc4)nc3s2)CC1. The molecular weight excluding hydrogens is 463 g/mol. The first kappa shape index (κ1) is 22.8. The van der Waals surface area contributed by atoms with E-state index in [0.29, 0.717) is 11.9 Å². The van der Waals surface area contributed by atoms with Crippen LogP contribution in [0.1, 0.15) is 57.8 Å². The Morgan fingerprint density at radius 1 is 0.943 bits per heavy atom. The summed E-state index contributed by atoms with van der Waals surface area (Å²) in [5.74, 6) is 1.23. The third kappa shape index (κ3) is 4.62. The standard InChI is InChI=1S/C26H33FN6OS/c27-20-12-10-18(11-13-20)22-23(28-21-8-4-5-9-21)33-25(29-22)35-26(30-33)32-16-14-31(15-17-32)24(34)19-6-2-1-3-7-19/h10-13,19,21,28H,1-9,14-17H2. The van der Waals surface area contributed by atoms with Crippen molar-refractivity contribution in [1.29, 1.82) is 0 Å². The van der Waals surface area contributed by atoms with Crippen LogP contribution in [0.25, 0.3) is 16.2 Å². The number of carbonyl (C=O) groups is 1. The maximum absolute atomic E-state index is 13.5. The summed E-state index contributed by atoms with van der Waals surface area (Å²) in [6.07, 6.45) is 10.5. The quantitative estimate of drug-likeness (QED) is 0.527. The molecule has 1 N–H and O–H groups in total. The van der Waals surface area contributed by atoms with Crippen LogP contribution in [0.15, 0.2) is 24.3 Å². The summed E-state index contributed by atoms with van der Waals surface area (Å²) in [6, 6.07) is 6.94. The number of halogens is 1. The highest BCUT2D eigenvalue weighted by atomic mass is 32.1. The molecule has 2 saturated carbocycles. The lowest BCUT2D eigenvalue weighted by Crippen LogP contribution is -2.50. The Labute approximate surface area is 209 Å². The molecule has 0 spiro atoms. The fourth-order valence-corrected chi connectivity index (χ4v) is 6.75. The van der Waals surface area contributed by atoms with E-state index in [1.807, 2.05) is 4.52 Å². The number of aromatic nitrogens is 3. The lowest BCUT2D eigenvalue weighted by Gasteiger charge is -2.36. The largest absolute Gasteiger partial charge is 0.365 e. The Bertz CT molecular complexity index is 1170. The maximum Gasteiger partial charge on any atom is 0.225 e. The van der Waals surface area contributed by atoms with E-state index in [0.717, 1.165) is 79.0 Å². The Hall–Kier alpha value is -2.68. The van der Waals surface area contributed by atoms with Crippen molar-refractivity contribution in [1.82, 2.24) is 19.5 Å². The normalized spacial score (nSPS) is 20.1. The highest BCUT2D eigenvalue weighted by molar-refractivity contribution is 7.20. The lowest BCUT2D eigenvalue weighted by atomic mass is 9.88. The molecule has 3 fully saturated rings. The van der Waals surface area contributed by atoms with E-state index in [9.17, 15) is 9.18 Å². The van der Waals surface area contributed by atoms with Crippen molar-refractivity contribution in [3.8, 4) is 11.3 Å². The van der Waals surface area contributed by atoms with Gasteiger partial charge >= 0.3 is 0 Å². The third-order valence-corrected chi connectivity index (χ3v) is 8.79. The van der Waals surface area contributed by atoms with Crippen LogP contribution in [0.4, 0.5) is 15.3 Å². The van der Waals surface area contributed by atoms with E-state index in [4.69, 9.17) is 10.1 Å². The number of carbonyl (C=O) groups excluding carboxylic acids is 1. The van der Waals surface area contributed by atoms with Crippen molar-refractivity contribution < 1.29 is 9.18 Å². The van der Waals surface area contributed by atoms with Gasteiger partial charge in [0.05, 0.1) is 0 Å². The topological polar surface area (TPSA) is 65.8 Å². The van der Waals surface area contributed by atoms with Gasteiger partial charge in [0.15, 0.2) is 5.82 Å². The van der Waals surface area contributed by atoms with Gasteiger partial charge in [-0.05, 0) is 49.9 Å². The molecule has 0 atom stereocenters. The summed E-state index contributed by atoms with van der Waals surface area (Å²) in [5.41, 5.74) is 1.71. The fraction of sp³-hybridized carbons (Fsp3) is 0.577. The number of benzene rings is 1. The third-order valence-electron chi connectivity index (χ3n) is 7.82. The second-order valence-electron chi connectivity index (χ2n) is 10.2. The van der Waals surface area contributed by atoms with Gasteiger partial charge in [0.2, 0.25) is 16.0 Å². The number of nitrogens with one attached hydrogen (secondary N) is 1. The molecule has 0 radical (unpaired) electrons. The van der Waals surface area contributed by atoms with Crippen molar-refractivity contribution in [2.45, 2.75) is 63.8 Å². The van der Waals surface area contributed by atoms with Crippen LogP contribution < -0.4 is 10.2 Å². The van der Waals surface area contributed by atoms with E-state index in [1.165, 1.54) is 44.2 Å². The van der Waals surface area contributed by atoms with Crippen molar-refractivity contribution in [3.63, 3.8) is 0 Å². The molecule has 3 aromatic rings. The molecule has 0 unspecified atom stereocenters. The monoisotopic (exact) mass is 496 g/mol. The Morgan fingerprint density at radius 2 is 1.63 bits per heavy atom. The van der Waals surface area contributed by atoms with E-state index in [-0.39, 0.29) is 11.7 Å². The second kappa shape index (κ2) is 9.76. The molecule has 0 bridgehead atoms. The molecule has 1 aromatic carbocycles. The van der Waals surface area contributed by atoms with Crippen LogP contribution in [0.2, 0.25) is 0 Å². The number of anilines is 2. The average molecular weight is 497 g/mol. The van der Waals surface area contributed by atoms with Gasteiger partial charge in [-0.3, -0.25) is 4.79 Å². The molecule has 3 aliphatic rings. The summed E-state index contributed by atoms with van der Waals surface area (Å²) in [6.45, 7) is 3.10. The van der Waals surface area contributed by atoms with Gasteiger partial charge in [0.25, 0.3) is 0 Å². The number of fused-ring (bicyclic) bond motifs is 1. The summed E-state index contributed by atoms with van der Waals surface area (Å²) in [5, 5.41) is 9.60. The summed E-state index contributed by atoms with van der Waals surface area (Å²) in [4.78, 5) is 23.0. The average Bonchev–Trinajstić information content (AvgIpc) is 3.63. The van der Waals surface area contributed by atoms with Gasteiger partial charge in [-0.25, -0.2) is 9.37 Å². The lowest BCUT2D eigenvalue weighted by molar-refractivity contribution is -0.136. The number of amides is 1. The molecular formula is C26H33FN6OS. The number of nitrogens with zero attached hydrogens (tertiary/aromatic N) is 5. The van der Waals surface area contributed by atoms with Gasteiger partial charge in [-0.2, -0.15) is 4.52 Å². The summed E-state index contributed by atoms with van der Waals surface area (Å²) >= 11 is 1.58. The van der Waals surface area contributed by atoms with Crippen molar-refractivity contribution in [2.75, 3.05) is 36.4 Å². The van der Waals surface area contributed by atoms with Crippen molar-refractivity contribution >= 4 is 33.2 Å². The second-order valence-corrected chi connectivity index (χ2v) is 11.1. The van der Waals surface area contributed by atoms with Crippen LogP contribution in [0.3, 0.4) is 0 Å². The molecule has 7 nitrogen and oxygen atoms in total. The Morgan fingerprint density at radius 3 is 2.34 bits per heavy atom. The number of hydrogen-bond acceptors (Lipinski definition) is 6. The van der Waals surface area contributed by atoms with E-state index in [1.54, 1.807) is 23.5 Å². The molecule has 2 aromatic heterocycles. The first-order valence-corrected chi connectivity index (χ1v) is 13.9. The zero-order valence-electron chi connectivity index (χ0n) is 20.1. The number of rotatable bonds is 5. The van der Waals surface area contributed by atoms with Gasteiger partial charge in [-0.1, -0.05) is 43.4 Å². The predicted molar refractivity (Wildman–Crippen MR) is 138 cm³/mol. The van der Waals surface area contributed by atoms with E-state index >= 15 is 0 Å². The molecule has 3 heterocycles. The molecule has 6 rings (SSSR count). The first-order valence-electron chi connectivity index (χ1n) is 13.1. The van der Waals surface area contributed by atoms with Gasteiger partial charge < -0.3 is 15.1 Å². The molecule has 2 aliphatic carbocycles. The van der Waals surface area contributed by atoms with E-state index < -0.39 is 0 Å². The minimum absolute atomic E-state index is 0.229. The van der Waals surface area contributed by atoms with Gasteiger partial charge in [0, 0.05) is 43.7 Å². The smallest absolute Gasteiger partial charge is 0.225 e. The minimum atomic E-state index is -0.249. The van der Waals surface area contributed by atoms with Crippen LogP contribution in [-0.2, 0) is 4.79 Å². The maximum atomic E-state index is 13.5. The van der Waals surface area contributed by atoms with Crippen LogP contribution in [-0.4, -0.2) is 57.6 Å². The molecule has 1 aliphatic heterocycles. The predicted octanol–water partition coefficient (Wildman–Crippen LogP) is 5.18.